The number of sulfonamides is 1. The van der Waals surface area contributed by atoms with E-state index in [1.54, 1.807) is 13.0 Å². The quantitative estimate of drug-likeness (QED) is 0.367. The fraction of sp³-hybridized carbons (Fsp3) is 0.263. The third-order valence-corrected chi connectivity index (χ3v) is 6.54. The molecule has 0 saturated heterocycles. The Morgan fingerprint density at radius 1 is 1.07 bits per heavy atom. The molecule has 1 unspecified atom stereocenters. The highest BCUT2D eigenvalue weighted by Crippen LogP contribution is 2.30. The van der Waals surface area contributed by atoms with E-state index < -0.39 is 37.8 Å². The molecule has 0 aliphatic carbocycles. The lowest BCUT2D eigenvalue weighted by Crippen LogP contribution is -2.31. The maximum atomic E-state index is 13.3. The highest BCUT2D eigenvalue weighted by molar-refractivity contribution is 7.89. The minimum Gasteiger partial charge on any atom is -0.465 e. The molecule has 0 N–H and O–H groups in total. The molecular weight excluding hydrogens is 416 g/mol. The van der Waals surface area contributed by atoms with E-state index in [2.05, 4.69) is 9.47 Å². The van der Waals surface area contributed by atoms with E-state index in [1.807, 2.05) is 0 Å². The molecule has 0 amide bonds. The van der Waals surface area contributed by atoms with Gasteiger partial charge in [-0.25, -0.2) is 18.0 Å². The van der Waals surface area contributed by atoms with Crippen molar-refractivity contribution in [2.45, 2.75) is 17.9 Å². The SMILES string of the molecule is COC(=O)c1ccc(C(=O)OC)c(S(=O)(=O)N(C)C(C)c2cccc([N+](=O)[O-])c2)c1. The normalized spacial score (nSPS) is 12.3. The Kier molecular flexibility index (Phi) is 6.90. The van der Waals surface area contributed by atoms with Gasteiger partial charge in [0.2, 0.25) is 10.0 Å². The maximum absolute atomic E-state index is 13.3. The molecule has 10 nitrogen and oxygen atoms in total. The number of carbonyl (C=O) groups excluding carboxylic acids is 2. The second-order valence-electron chi connectivity index (χ2n) is 6.24. The molecule has 0 spiro atoms. The van der Waals surface area contributed by atoms with Crippen LogP contribution in [0.3, 0.4) is 0 Å². The first-order valence-corrected chi connectivity index (χ1v) is 10.0. The summed E-state index contributed by atoms with van der Waals surface area (Å²) in [5.74, 6) is -1.68. The van der Waals surface area contributed by atoms with Crippen molar-refractivity contribution in [3.8, 4) is 0 Å². The average Bonchev–Trinajstić information content (AvgIpc) is 2.76. The number of methoxy groups -OCH3 is 2. The van der Waals surface area contributed by atoms with Crippen LogP contribution in [0.5, 0.6) is 0 Å². The Balaban J connectivity index is 2.58. The molecule has 160 valence electrons. The number of nitro benzene ring substituents is 1. The first-order chi connectivity index (χ1) is 14.0. The van der Waals surface area contributed by atoms with E-state index >= 15 is 0 Å². The maximum Gasteiger partial charge on any atom is 0.339 e. The van der Waals surface area contributed by atoms with Gasteiger partial charge in [-0.1, -0.05) is 12.1 Å². The molecule has 0 bridgehead atoms. The Labute approximate surface area is 173 Å². The fourth-order valence-corrected chi connectivity index (χ4v) is 4.28. The molecule has 2 rings (SSSR count). The van der Waals surface area contributed by atoms with Crippen LogP contribution < -0.4 is 0 Å². The summed E-state index contributed by atoms with van der Waals surface area (Å²) in [5.41, 5.74) is -0.143. The van der Waals surface area contributed by atoms with E-state index in [1.165, 1.54) is 31.3 Å². The van der Waals surface area contributed by atoms with Crippen molar-refractivity contribution in [3.05, 3.63) is 69.3 Å². The summed E-state index contributed by atoms with van der Waals surface area (Å²) in [6.07, 6.45) is 0. The van der Waals surface area contributed by atoms with Crippen LogP contribution in [0.4, 0.5) is 5.69 Å². The molecule has 0 aliphatic heterocycles. The van der Waals surface area contributed by atoms with Crippen LogP contribution in [0.1, 0.15) is 39.2 Å². The van der Waals surface area contributed by atoms with Crippen LogP contribution in [-0.4, -0.2) is 50.9 Å². The van der Waals surface area contributed by atoms with Crippen LogP contribution in [0, 0.1) is 10.1 Å². The van der Waals surface area contributed by atoms with Crippen molar-refractivity contribution in [1.29, 1.82) is 0 Å². The molecule has 30 heavy (non-hydrogen) atoms. The minimum atomic E-state index is -4.31. The summed E-state index contributed by atoms with van der Waals surface area (Å²) >= 11 is 0. The van der Waals surface area contributed by atoms with E-state index in [0.29, 0.717) is 5.56 Å². The number of esters is 2. The van der Waals surface area contributed by atoms with Crippen LogP contribution in [0.25, 0.3) is 0 Å². The first kappa shape index (κ1) is 23.0. The zero-order valence-electron chi connectivity index (χ0n) is 16.7. The second-order valence-corrected chi connectivity index (χ2v) is 8.21. The average molecular weight is 436 g/mol. The summed E-state index contributed by atoms with van der Waals surface area (Å²) < 4.78 is 36.8. The van der Waals surface area contributed by atoms with Gasteiger partial charge in [0.05, 0.1) is 35.2 Å². The number of non-ortho nitro benzene ring substituents is 1. The molecular formula is C19H20N2O8S. The van der Waals surface area contributed by atoms with E-state index in [4.69, 9.17) is 0 Å². The Hall–Kier alpha value is -3.31. The van der Waals surface area contributed by atoms with Crippen LogP contribution >= 0.6 is 0 Å². The van der Waals surface area contributed by atoms with Gasteiger partial charge in [0.15, 0.2) is 0 Å². The highest BCUT2D eigenvalue weighted by atomic mass is 32.2. The van der Waals surface area contributed by atoms with Crippen LogP contribution in [0.15, 0.2) is 47.4 Å². The number of hydrogen-bond acceptors (Lipinski definition) is 8. The Bertz CT molecular complexity index is 1100. The van der Waals surface area contributed by atoms with Crippen LogP contribution in [-0.2, 0) is 19.5 Å². The van der Waals surface area contributed by atoms with Crippen molar-refractivity contribution < 1.29 is 32.4 Å². The zero-order valence-corrected chi connectivity index (χ0v) is 17.5. The summed E-state index contributed by atoms with van der Waals surface area (Å²) in [6.45, 7) is 1.54. The molecule has 0 aliphatic rings. The molecule has 0 saturated carbocycles. The molecule has 0 heterocycles. The van der Waals surface area contributed by atoms with E-state index in [-0.39, 0.29) is 16.8 Å². The number of benzene rings is 2. The molecule has 0 aromatic heterocycles. The third kappa shape index (κ3) is 4.47. The lowest BCUT2D eigenvalue weighted by molar-refractivity contribution is -0.384. The molecule has 11 heteroatoms. The molecule has 2 aromatic rings. The topological polar surface area (TPSA) is 133 Å². The lowest BCUT2D eigenvalue weighted by atomic mass is 10.1. The van der Waals surface area contributed by atoms with Gasteiger partial charge in [0.25, 0.3) is 5.69 Å². The largest absolute Gasteiger partial charge is 0.465 e. The van der Waals surface area contributed by atoms with Crippen molar-refractivity contribution >= 4 is 27.6 Å². The van der Waals surface area contributed by atoms with Gasteiger partial charge in [-0.2, -0.15) is 4.31 Å². The summed E-state index contributed by atoms with van der Waals surface area (Å²) in [7, 11) is -0.806. The monoisotopic (exact) mass is 436 g/mol. The standard InChI is InChI=1S/C19H20N2O8S/c1-12(13-6-5-7-15(10-13)21(24)25)20(2)30(26,27)17-11-14(18(22)28-3)8-9-16(17)19(23)29-4/h5-12H,1-4H3. The van der Waals surface area contributed by atoms with Gasteiger partial charge >= 0.3 is 11.9 Å². The number of nitro groups is 1. The smallest absolute Gasteiger partial charge is 0.339 e. The van der Waals surface area contributed by atoms with Gasteiger partial charge in [0.1, 0.15) is 0 Å². The van der Waals surface area contributed by atoms with Gasteiger partial charge < -0.3 is 9.47 Å². The minimum absolute atomic E-state index is 0.0693. The predicted molar refractivity (Wildman–Crippen MR) is 106 cm³/mol. The number of rotatable bonds is 7. The zero-order chi connectivity index (χ0) is 22.6. The van der Waals surface area contributed by atoms with Crippen molar-refractivity contribution in [2.75, 3.05) is 21.3 Å². The molecule has 1 atom stereocenters. The van der Waals surface area contributed by atoms with E-state index in [9.17, 15) is 28.1 Å². The van der Waals surface area contributed by atoms with Crippen LogP contribution in [0.2, 0.25) is 0 Å². The Morgan fingerprint density at radius 3 is 2.27 bits per heavy atom. The van der Waals surface area contributed by atoms with Crippen molar-refractivity contribution in [2.24, 2.45) is 0 Å². The number of nitrogens with zero attached hydrogens (tertiary/aromatic N) is 2. The summed E-state index contributed by atoms with van der Waals surface area (Å²) in [6, 6.07) is 8.19. The number of ether oxygens (including phenoxy) is 2. The Morgan fingerprint density at radius 2 is 1.70 bits per heavy atom. The van der Waals surface area contributed by atoms with E-state index in [0.717, 1.165) is 30.7 Å². The summed E-state index contributed by atoms with van der Waals surface area (Å²) in [4.78, 5) is 34.0. The lowest BCUT2D eigenvalue weighted by Gasteiger charge is -2.25. The summed E-state index contributed by atoms with van der Waals surface area (Å²) in [5, 5.41) is 11.0. The van der Waals surface area contributed by atoms with Crippen molar-refractivity contribution in [1.82, 2.24) is 4.31 Å². The fourth-order valence-electron chi connectivity index (χ4n) is 2.73. The molecule has 0 radical (unpaired) electrons. The first-order valence-electron chi connectivity index (χ1n) is 8.57. The number of carbonyl (C=O) groups is 2. The third-order valence-electron chi connectivity index (χ3n) is 4.57. The van der Waals surface area contributed by atoms with Gasteiger partial charge in [0, 0.05) is 25.2 Å². The van der Waals surface area contributed by atoms with Crippen molar-refractivity contribution in [3.63, 3.8) is 0 Å². The van der Waals surface area contributed by atoms with Gasteiger partial charge in [-0.3, -0.25) is 10.1 Å². The number of hydrogen-bond donors (Lipinski definition) is 0. The van der Waals surface area contributed by atoms with Gasteiger partial charge in [-0.05, 0) is 30.7 Å². The highest BCUT2D eigenvalue weighted by Gasteiger charge is 2.32. The predicted octanol–water partition coefficient (Wildman–Crippen LogP) is 2.55. The molecule has 0 fully saturated rings. The van der Waals surface area contributed by atoms with Gasteiger partial charge in [-0.15, -0.1) is 0 Å². The molecule has 2 aromatic carbocycles. The second kappa shape index (κ2) is 9.01.